The lowest BCUT2D eigenvalue weighted by Gasteiger charge is -2.57. The zero-order valence-corrected chi connectivity index (χ0v) is 13.6. The number of hydrogen-bond donors (Lipinski definition) is 1. The molecule has 0 aliphatic heterocycles. The fraction of sp³-hybridized carbons (Fsp3) is 0.611. The molecule has 0 unspecified atom stereocenters. The van der Waals surface area contributed by atoms with Gasteiger partial charge in [-0.3, -0.25) is 0 Å². The van der Waals surface area contributed by atoms with E-state index in [4.69, 9.17) is 4.52 Å². The van der Waals surface area contributed by atoms with Gasteiger partial charge in [0.05, 0.1) is 10.6 Å². The molecule has 4 heteroatoms. The molecule has 1 N–H and O–H groups in total. The monoisotopic (exact) mass is 314 g/mol. The van der Waals surface area contributed by atoms with Crippen LogP contribution in [0.2, 0.25) is 0 Å². The normalized spacial score (nSPS) is 36.1. The van der Waals surface area contributed by atoms with Crippen LogP contribution in [-0.2, 0) is 6.54 Å². The quantitative estimate of drug-likeness (QED) is 0.905. The van der Waals surface area contributed by atoms with Gasteiger partial charge in [-0.25, -0.2) is 0 Å². The van der Waals surface area contributed by atoms with Crippen molar-refractivity contribution in [3.8, 4) is 10.6 Å². The second kappa shape index (κ2) is 4.93. The molecule has 0 radical (unpaired) electrons. The Morgan fingerprint density at radius 3 is 2.55 bits per heavy atom. The van der Waals surface area contributed by atoms with E-state index in [9.17, 15) is 0 Å². The zero-order chi connectivity index (χ0) is 14.6. The van der Waals surface area contributed by atoms with Crippen LogP contribution in [-0.4, -0.2) is 10.7 Å². The molecule has 6 rings (SSSR count). The number of thiophene rings is 1. The van der Waals surface area contributed by atoms with Crippen LogP contribution in [0, 0.1) is 17.8 Å². The Bertz CT molecular complexity index is 625. The number of hydrogen-bond acceptors (Lipinski definition) is 4. The third kappa shape index (κ3) is 2.24. The van der Waals surface area contributed by atoms with Crippen LogP contribution in [0.5, 0.6) is 0 Å². The van der Waals surface area contributed by atoms with E-state index in [1.807, 2.05) is 0 Å². The fourth-order valence-electron chi connectivity index (χ4n) is 5.54. The number of nitrogens with one attached hydrogen (secondary N) is 1. The molecule has 2 heterocycles. The smallest absolute Gasteiger partial charge is 0.177 e. The second-order valence-electron chi connectivity index (χ2n) is 7.71. The highest BCUT2D eigenvalue weighted by Gasteiger charge is 2.50. The first-order valence-electron chi connectivity index (χ1n) is 8.52. The van der Waals surface area contributed by atoms with E-state index >= 15 is 0 Å². The maximum Gasteiger partial charge on any atom is 0.177 e. The van der Waals surface area contributed by atoms with E-state index in [1.165, 1.54) is 38.5 Å². The van der Waals surface area contributed by atoms with E-state index in [1.54, 1.807) is 11.3 Å². The summed E-state index contributed by atoms with van der Waals surface area (Å²) in [6.45, 7) is 0.848. The highest BCUT2D eigenvalue weighted by molar-refractivity contribution is 7.13. The molecule has 2 aromatic heterocycles. The number of aromatic nitrogens is 1. The van der Waals surface area contributed by atoms with Crippen LogP contribution in [0.25, 0.3) is 10.6 Å². The SMILES string of the molecule is c1csc(-c2cc(CNC34CC5CC(CC(C5)C3)C4)no2)c1. The molecule has 0 spiro atoms. The lowest BCUT2D eigenvalue weighted by molar-refractivity contribution is -0.0208. The Morgan fingerprint density at radius 1 is 1.18 bits per heavy atom. The first kappa shape index (κ1) is 13.3. The first-order chi connectivity index (χ1) is 10.8. The summed E-state index contributed by atoms with van der Waals surface area (Å²) in [6.07, 6.45) is 8.63. The van der Waals surface area contributed by atoms with Gasteiger partial charge >= 0.3 is 0 Å². The topological polar surface area (TPSA) is 38.1 Å². The average molecular weight is 314 g/mol. The van der Waals surface area contributed by atoms with Crippen LogP contribution in [0.15, 0.2) is 28.1 Å². The molecule has 0 aromatic carbocycles. The van der Waals surface area contributed by atoms with Gasteiger partial charge in [0.15, 0.2) is 5.76 Å². The number of nitrogens with zero attached hydrogens (tertiary/aromatic N) is 1. The van der Waals surface area contributed by atoms with E-state index in [0.29, 0.717) is 5.54 Å². The molecule has 4 fully saturated rings. The molecule has 2 aromatic rings. The lowest BCUT2D eigenvalue weighted by atomic mass is 9.53. The van der Waals surface area contributed by atoms with Crippen molar-refractivity contribution >= 4 is 11.3 Å². The first-order valence-corrected chi connectivity index (χ1v) is 9.40. The second-order valence-corrected chi connectivity index (χ2v) is 8.66. The molecule has 0 atom stereocenters. The molecule has 4 aliphatic rings. The van der Waals surface area contributed by atoms with Gasteiger partial charge in [0, 0.05) is 18.2 Å². The molecule has 4 saturated carbocycles. The van der Waals surface area contributed by atoms with Gasteiger partial charge in [-0.1, -0.05) is 11.2 Å². The molecule has 4 bridgehead atoms. The maximum atomic E-state index is 5.50. The summed E-state index contributed by atoms with van der Waals surface area (Å²) in [5.74, 6) is 3.85. The Labute approximate surface area is 135 Å². The van der Waals surface area contributed by atoms with Gasteiger partial charge in [0.25, 0.3) is 0 Å². The van der Waals surface area contributed by atoms with Crippen LogP contribution < -0.4 is 5.32 Å². The largest absolute Gasteiger partial charge is 0.355 e. The molecule has 3 nitrogen and oxygen atoms in total. The van der Waals surface area contributed by atoms with Gasteiger partial charge in [-0.05, 0) is 67.7 Å². The predicted octanol–water partition coefficient (Wildman–Crippen LogP) is 4.46. The molecule has 22 heavy (non-hydrogen) atoms. The lowest BCUT2D eigenvalue weighted by Crippen LogP contribution is -2.58. The minimum Gasteiger partial charge on any atom is -0.355 e. The Kier molecular flexibility index (Phi) is 2.99. The van der Waals surface area contributed by atoms with Crippen molar-refractivity contribution in [3.63, 3.8) is 0 Å². The molecular formula is C18H22N2OS. The van der Waals surface area contributed by atoms with Gasteiger partial charge in [-0.15, -0.1) is 11.3 Å². The Morgan fingerprint density at radius 2 is 1.91 bits per heavy atom. The maximum absolute atomic E-state index is 5.50. The fourth-order valence-corrected chi connectivity index (χ4v) is 6.21. The van der Waals surface area contributed by atoms with E-state index in [2.05, 4.69) is 34.1 Å². The van der Waals surface area contributed by atoms with Crippen LogP contribution in [0.1, 0.15) is 44.2 Å². The predicted molar refractivity (Wildman–Crippen MR) is 87.6 cm³/mol. The summed E-state index contributed by atoms with van der Waals surface area (Å²) < 4.78 is 5.50. The van der Waals surface area contributed by atoms with Gasteiger partial charge in [0.1, 0.15) is 0 Å². The average Bonchev–Trinajstić information content (AvgIpc) is 3.15. The molecule has 0 saturated heterocycles. The van der Waals surface area contributed by atoms with Crippen LogP contribution in [0.4, 0.5) is 0 Å². The summed E-state index contributed by atoms with van der Waals surface area (Å²) in [5.41, 5.74) is 1.44. The molecule has 4 aliphatic carbocycles. The number of rotatable bonds is 4. The van der Waals surface area contributed by atoms with Gasteiger partial charge in [-0.2, -0.15) is 0 Å². The highest BCUT2D eigenvalue weighted by Crippen LogP contribution is 2.55. The van der Waals surface area contributed by atoms with E-state index in [-0.39, 0.29) is 0 Å². The Hall–Kier alpha value is -1.13. The molecule has 116 valence electrons. The van der Waals surface area contributed by atoms with E-state index in [0.717, 1.165) is 40.6 Å². The van der Waals surface area contributed by atoms with Crippen molar-refractivity contribution in [1.82, 2.24) is 10.5 Å². The Balaban J connectivity index is 1.29. The van der Waals surface area contributed by atoms with E-state index < -0.39 is 0 Å². The van der Waals surface area contributed by atoms with Crippen molar-refractivity contribution in [2.24, 2.45) is 17.8 Å². The van der Waals surface area contributed by atoms with Gasteiger partial charge in [0.2, 0.25) is 0 Å². The third-order valence-electron chi connectivity index (χ3n) is 6.01. The third-order valence-corrected chi connectivity index (χ3v) is 6.89. The van der Waals surface area contributed by atoms with Crippen molar-refractivity contribution in [2.75, 3.05) is 0 Å². The highest BCUT2D eigenvalue weighted by atomic mass is 32.1. The van der Waals surface area contributed by atoms with Crippen molar-refractivity contribution < 1.29 is 4.52 Å². The summed E-state index contributed by atoms with van der Waals surface area (Å²) >= 11 is 1.70. The van der Waals surface area contributed by atoms with Crippen molar-refractivity contribution in [3.05, 3.63) is 29.3 Å². The van der Waals surface area contributed by atoms with Gasteiger partial charge < -0.3 is 9.84 Å². The summed E-state index contributed by atoms with van der Waals surface area (Å²) in [7, 11) is 0. The standard InChI is InChI=1S/C18H22N2OS/c1-2-17(22-3-1)16-7-15(20-21-16)11-19-18-8-12-4-13(9-18)6-14(5-12)10-18/h1-3,7,12-14,19H,4-6,8-11H2. The minimum atomic E-state index is 0.400. The van der Waals surface area contributed by atoms with Crippen molar-refractivity contribution in [2.45, 2.75) is 50.6 Å². The van der Waals surface area contributed by atoms with Crippen molar-refractivity contribution in [1.29, 1.82) is 0 Å². The van der Waals surface area contributed by atoms with Crippen LogP contribution >= 0.6 is 11.3 Å². The minimum absolute atomic E-state index is 0.400. The molecule has 0 amide bonds. The van der Waals surface area contributed by atoms with Crippen LogP contribution in [0.3, 0.4) is 0 Å². The summed E-state index contributed by atoms with van der Waals surface area (Å²) in [6, 6.07) is 6.23. The zero-order valence-electron chi connectivity index (χ0n) is 12.8. The summed E-state index contributed by atoms with van der Waals surface area (Å²) in [4.78, 5) is 1.16. The molecular weight excluding hydrogens is 292 g/mol. The summed E-state index contributed by atoms with van der Waals surface area (Å²) in [5, 5.41) is 10.2.